The minimum Gasteiger partial charge on any atom is -0.299 e. The molecule has 4 nitrogen and oxygen atoms in total. The molecule has 2 aromatic heterocycles. The summed E-state index contributed by atoms with van der Waals surface area (Å²) in [6.07, 6.45) is 10.7. The molecule has 36 heavy (non-hydrogen) atoms. The molecule has 3 aliphatic rings. The first kappa shape index (κ1) is 23.2. The van der Waals surface area contributed by atoms with Crippen molar-refractivity contribution in [1.82, 2.24) is 15.0 Å². The lowest BCUT2D eigenvalue weighted by molar-refractivity contribution is -0.130. The van der Waals surface area contributed by atoms with Crippen LogP contribution in [0.25, 0.3) is 22.6 Å². The highest BCUT2D eigenvalue weighted by Crippen LogP contribution is 2.53. The topological polar surface area (TPSA) is 55.7 Å². The number of hydrogen-bond donors (Lipinski definition) is 0. The van der Waals surface area contributed by atoms with Crippen LogP contribution < -0.4 is 0 Å². The average Bonchev–Trinajstić information content (AvgIpc) is 3.74. The number of pyridine rings is 1. The largest absolute Gasteiger partial charge is 0.299 e. The summed E-state index contributed by atoms with van der Waals surface area (Å²) < 4.78 is 15.1. The van der Waals surface area contributed by atoms with Gasteiger partial charge in [0, 0.05) is 52.3 Å². The summed E-state index contributed by atoms with van der Waals surface area (Å²) >= 11 is 0. The molecule has 2 heterocycles. The first-order valence-electron chi connectivity index (χ1n) is 13.3. The highest BCUT2D eigenvalue weighted by atomic mass is 19.1. The Kier molecular flexibility index (Phi) is 5.82. The van der Waals surface area contributed by atoms with Crippen molar-refractivity contribution >= 4 is 5.78 Å². The van der Waals surface area contributed by atoms with Gasteiger partial charge in [0.05, 0.1) is 11.4 Å². The van der Waals surface area contributed by atoms with Gasteiger partial charge in [-0.3, -0.25) is 9.78 Å². The molecule has 0 saturated heterocycles. The Balaban J connectivity index is 1.54. The van der Waals surface area contributed by atoms with Crippen molar-refractivity contribution < 1.29 is 9.18 Å². The number of carbonyl (C=O) groups is 1. The van der Waals surface area contributed by atoms with Crippen molar-refractivity contribution in [2.45, 2.75) is 69.6 Å². The minimum atomic E-state index is -0.271. The second-order valence-electron chi connectivity index (χ2n) is 10.9. The van der Waals surface area contributed by atoms with Crippen molar-refractivity contribution in [2.75, 3.05) is 0 Å². The summed E-state index contributed by atoms with van der Waals surface area (Å²) in [6, 6.07) is 11.0. The lowest BCUT2D eigenvalue weighted by Gasteiger charge is -2.49. The summed E-state index contributed by atoms with van der Waals surface area (Å²) in [5, 5.41) is 0. The molecule has 2 saturated carbocycles. The molecular formula is C31H32FN3O. The van der Waals surface area contributed by atoms with E-state index in [-0.39, 0.29) is 23.1 Å². The molecule has 184 valence electrons. The van der Waals surface area contributed by atoms with Crippen molar-refractivity contribution in [3.05, 3.63) is 78.0 Å². The Morgan fingerprint density at radius 3 is 2.75 bits per heavy atom. The molecule has 0 amide bonds. The van der Waals surface area contributed by atoms with Gasteiger partial charge in [-0.05, 0) is 75.1 Å². The minimum absolute atomic E-state index is 0.0209. The third kappa shape index (κ3) is 3.89. The lowest BCUT2D eigenvalue weighted by atomic mass is 9.55. The van der Waals surface area contributed by atoms with Gasteiger partial charge in [-0.2, -0.15) is 0 Å². The van der Waals surface area contributed by atoms with Crippen LogP contribution in [-0.4, -0.2) is 20.7 Å². The van der Waals surface area contributed by atoms with E-state index in [1.165, 1.54) is 18.9 Å². The first-order chi connectivity index (χ1) is 17.5. The van der Waals surface area contributed by atoms with Crippen molar-refractivity contribution in [3.8, 4) is 22.6 Å². The molecule has 3 atom stereocenters. The molecule has 0 unspecified atom stereocenters. The molecule has 0 spiro atoms. The average molecular weight is 482 g/mol. The molecule has 2 fully saturated rings. The highest BCUT2D eigenvalue weighted by Gasteiger charge is 2.51. The van der Waals surface area contributed by atoms with Crippen molar-refractivity contribution in [3.63, 3.8) is 0 Å². The Morgan fingerprint density at radius 1 is 1.14 bits per heavy atom. The predicted molar refractivity (Wildman–Crippen MR) is 139 cm³/mol. The monoisotopic (exact) mass is 481 g/mol. The van der Waals surface area contributed by atoms with Crippen LogP contribution in [0.2, 0.25) is 0 Å². The Labute approximate surface area is 212 Å². The fourth-order valence-electron chi connectivity index (χ4n) is 6.58. The molecule has 0 aliphatic heterocycles. The lowest BCUT2D eigenvalue weighted by Crippen LogP contribution is -2.48. The maximum atomic E-state index is 15.1. The number of benzene rings is 1. The van der Waals surface area contributed by atoms with Gasteiger partial charge >= 0.3 is 0 Å². The standard InChI is InChI=1S/C31H32FN3O/c1-3-4-7-21-24-13-12-23-28(22-8-5-6-9-25(22)32)34-30(20-15-17-33-26(18-20)19-10-11-19)35-29(23)31(24,2)16-14-27(21)36/h3,5-6,8-9,15,17-19,21,24H,1,4,7,10-14,16H2,2H3/t21-,24-,31-/m1/s1. The van der Waals surface area contributed by atoms with Gasteiger partial charge in [-0.15, -0.1) is 6.58 Å². The van der Waals surface area contributed by atoms with E-state index in [1.54, 1.807) is 6.07 Å². The van der Waals surface area contributed by atoms with Crippen molar-refractivity contribution in [1.29, 1.82) is 0 Å². The molecule has 5 heteroatoms. The summed E-state index contributed by atoms with van der Waals surface area (Å²) in [6.45, 7) is 6.15. The molecular weight excluding hydrogens is 449 g/mol. The van der Waals surface area contributed by atoms with E-state index in [0.29, 0.717) is 35.2 Å². The van der Waals surface area contributed by atoms with Crippen LogP contribution in [0, 0.1) is 17.7 Å². The number of hydrogen-bond acceptors (Lipinski definition) is 4. The number of aromatic nitrogens is 3. The molecule has 6 rings (SSSR count). The van der Waals surface area contributed by atoms with E-state index in [9.17, 15) is 4.79 Å². The first-order valence-corrected chi connectivity index (χ1v) is 13.3. The molecule has 1 aromatic carbocycles. The quantitative estimate of drug-likeness (QED) is 0.356. The highest BCUT2D eigenvalue weighted by molar-refractivity contribution is 5.83. The zero-order chi connectivity index (χ0) is 24.9. The Hall–Kier alpha value is -3.21. The smallest absolute Gasteiger partial charge is 0.160 e. The molecule has 0 N–H and O–H groups in total. The van der Waals surface area contributed by atoms with Crippen LogP contribution in [0.5, 0.6) is 0 Å². The number of fused-ring (bicyclic) bond motifs is 3. The van der Waals surface area contributed by atoms with Crippen LogP contribution in [-0.2, 0) is 16.6 Å². The zero-order valence-corrected chi connectivity index (χ0v) is 20.8. The van der Waals surface area contributed by atoms with Gasteiger partial charge in [0.2, 0.25) is 0 Å². The van der Waals surface area contributed by atoms with Gasteiger partial charge in [0.15, 0.2) is 5.82 Å². The predicted octanol–water partition coefficient (Wildman–Crippen LogP) is 6.99. The fourth-order valence-corrected chi connectivity index (χ4v) is 6.58. The third-order valence-electron chi connectivity index (χ3n) is 8.71. The number of nitrogens with zero attached hydrogens (tertiary/aromatic N) is 3. The number of allylic oxidation sites excluding steroid dienone is 1. The number of Topliss-reactive ketones (excluding diaryl/α,β-unsaturated/α-hetero) is 1. The van der Waals surface area contributed by atoms with Gasteiger partial charge in [-0.1, -0.05) is 25.1 Å². The van der Waals surface area contributed by atoms with E-state index >= 15 is 4.39 Å². The third-order valence-corrected chi connectivity index (χ3v) is 8.71. The second kappa shape index (κ2) is 9.02. The van der Waals surface area contributed by atoms with Crippen LogP contribution >= 0.6 is 0 Å². The van der Waals surface area contributed by atoms with Crippen LogP contribution in [0.1, 0.15) is 74.7 Å². The van der Waals surface area contributed by atoms with E-state index in [2.05, 4.69) is 24.6 Å². The molecule has 3 aliphatic carbocycles. The van der Waals surface area contributed by atoms with E-state index in [0.717, 1.165) is 54.6 Å². The molecule has 3 aromatic rings. The van der Waals surface area contributed by atoms with E-state index in [4.69, 9.17) is 9.97 Å². The number of halogens is 1. The summed E-state index contributed by atoms with van der Waals surface area (Å²) in [4.78, 5) is 27.8. The molecule has 0 bridgehead atoms. The van der Waals surface area contributed by atoms with Gasteiger partial charge in [0.1, 0.15) is 11.6 Å². The maximum absolute atomic E-state index is 15.1. The van der Waals surface area contributed by atoms with Crippen molar-refractivity contribution in [2.24, 2.45) is 11.8 Å². The Bertz CT molecular complexity index is 1350. The maximum Gasteiger partial charge on any atom is 0.160 e. The van der Waals surface area contributed by atoms with E-state index in [1.807, 2.05) is 30.5 Å². The number of ketones is 1. The van der Waals surface area contributed by atoms with Crippen LogP contribution in [0.4, 0.5) is 4.39 Å². The number of carbonyl (C=O) groups excluding carboxylic acids is 1. The second-order valence-corrected chi connectivity index (χ2v) is 10.9. The number of rotatable bonds is 6. The van der Waals surface area contributed by atoms with Crippen LogP contribution in [0.3, 0.4) is 0 Å². The fraction of sp³-hybridized carbons (Fsp3) is 0.419. The molecule has 0 radical (unpaired) electrons. The Morgan fingerprint density at radius 2 is 1.97 bits per heavy atom. The van der Waals surface area contributed by atoms with Gasteiger partial charge in [0.25, 0.3) is 0 Å². The van der Waals surface area contributed by atoms with Crippen LogP contribution in [0.15, 0.2) is 55.3 Å². The van der Waals surface area contributed by atoms with Gasteiger partial charge in [-0.25, -0.2) is 14.4 Å². The summed E-state index contributed by atoms with van der Waals surface area (Å²) in [5.41, 5.74) is 5.00. The van der Waals surface area contributed by atoms with Gasteiger partial charge < -0.3 is 0 Å². The normalized spacial score (nSPS) is 25.2. The SMILES string of the molecule is C=CCC[C@H]1C(=O)CC[C@@]2(C)c3nc(-c4ccnc(C5CC5)c4)nc(-c4ccccc4F)c3CC[C@H]12. The van der Waals surface area contributed by atoms with E-state index < -0.39 is 0 Å². The summed E-state index contributed by atoms with van der Waals surface area (Å²) in [5.74, 6) is 1.49. The zero-order valence-electron chi connectivity index (χ0n) is 20.8. The summed E-state index contributed by atoms with van der Waals surface area (Å²) in [7, 11) is 0.